The van der Waals surface area contributed by atoms with Gasteiger partial charge in [0, 0.05) is 35.0 Å². The molecule has 0 aromatic heterocycles. The summed E-state index contributed by atoms with van der Waals surface area (Å²) in [6.07, 6.45) is 11.2. The molecule has 2 heterocycles. The van der Waals surface area contributed by atoms with E-state index < -0.39 is 22.3 Å². The molecule has 3 aliphatic carbocycles. The van der Waals surface area contributed by atoms with E-state index in [1.807, 2.05) is 30.3 Å². The molecule has 4 fully saturated rings. The molecule has 7 rings (SSSR count). The third-order valence-corrected chi connectivity index (χ3v) is 11.0. The van der Waals surface area contributed by atoms with E-state index in [9.17, 15) is 19.2 Å². The molecule has 3 saturated carbocycles. The Morgan fingerprint density at radius 2 is 1.46 bits per heavy atom. The molecule has 0 radical (unpaired) electrons. The van der Waals surface area contributed by atoms with E-state index in [0.717, 1.165) is 62.5 Å². The molecule has 0 N–H and O–H groups in total. The molecule has 2 aromatic carbocycles. The largest absolute Gasteiger partial charge is 0.449 e. The second kappa shape index (κ2) is 11.6. The topological polar surface area (TPSA) is 105 Å². The molecule has 2 spiro atoms. The number of hydrogen-bond donors (Lipinski definition) is 0. The maximum Gasteiger partial charge on any atom is 0.335 e. The summed E-state index contributed by atoms with van der Waals surface area (Å²) in [5.41, 5.74) is 0.0314. The SMILES string of the molecule is CCC(=O)Oc1cccc(C2=CC3(C(=O)O2)C2C(=C4CCCCC4)C(=O)OC2(c2cccc(OC(=O)CC)c2)C32CCCCC2)c1. The van der Waals surface area contributed by atoms with E-state index in [1.54, 1.807) is 38.1 Å². The Hall–Kier alpha value is -4.20. The lowest BCUT2D eigenvalue weighted by Crippen LogP contribution is -2.75. The minimum Gasteiger partial charge on any atom is -0.449 e. The van der Waals surface area contributed by atoms with Crippen molar-refractivity contribution < 1.29 is 38.1 Å². The number of carbonyl (C=O) groups excluding carboxylic acids is 4. The Kier molecular flexibility index (Phi) is 7.65. The number of esters is 4. The smallest absolute Gasteiger partial charge is 0.335 e. The molecule has 46 heavy (non-hydrogen) atoms. The Morgan fingerprint density at radius 3 is 2.13 bits per heavy atom. The number of rotatable bonds is 6. The first-order chi connectivity index (χ1) is 22.3. The van der Waals surface area contributed by atoms with Crippen LogP contribution in [0.5, 0.6) is 11.5 Å². The molecule has 8 nitrogen and oxygen atoms in total. The molecule has 1 saturated heterocycles. The molecule has 3 unspecified atom stereocenters. The first kappa shape index (κ1) is 30.5. The van der Waals surface area contributed by atoms with Crippen LogP contribution in [0.25, 0.3) is 5.76 Å². The van der Waals surface area contributed by atoms with Crippen LogP contribution in [0, 0.1) is 16.7 Å². The highest BCUT2D eigenvalue weighted by Crippen LogP contribution is 2.83. The Labute approximate surface area is 269 Å². The molecule has 2 aliphatic heterocycles. The highest BCUT2D eigenvalue weighted by Gasteiger charge is 2.89. The maximum absolute atomic E-state index is 14.6. The van der Waals surface area contributed by atoms with Gasteiger partial charge in [0.25, 0.3) is 0 Å². The monoisotopic (exact) mass is 624 g/mol. The Balaban J connectivity index is 1.43. The molecule has 5 aliphatic rings. The normalized spacial score (nSPS) is 27.9. The number of allylic oxidation sites excluding steroid dienone is 1. The predicted molar refractivity (Wildman–Crippen MR) is 168 cm³/mol. The lowest BCUT2D eigenvalue weighted by Gasteiger charge is -2.70. The second-order valence-electron chi connectivity index (χ2n) is 13.3. The fourth-order valence-electron chi connectivity index (χ4n) is 9.12. The number of benzene rings is 2. The van der Waals surface area contributed by atoms with Gasteiger partial charge in [-0.25, -0.2) is 4.79 Å². The summed E-state index contributed by atoms with van der Waals surface area (Å²) in [6.45, 7) is 3.48. The zero-order valence-corrected chi connectivity index (χ0v) is 26.5. The van der Waals surface area contributed by atoms with Gasteiger partial charge in [0.1, 0.15) is 22.7 Å². The summed E-state index contributed by atoms with van der Waals surface area (Å²) in [5.74, 6) is -0.866. The number of cyclic esters (lactones) is 1. The summed E-state index contributed by atoms with van der Waals surface area (Å²) < 4.78 is 24.0. The van der Waals surface area contributed by atoms with Gasteiger partial charge in [0.2, 0.25) is 0 Å². The lowest BCUT2D eigenvalue weighted by molar-refractivity contribution is -0.285. The minimum atomic E-state index is -1.14. The number of fused-ring (bicyclic) bond motifs is 4. The summed E-state index contributed by atoms with van der Waals surface area (Å²) >= 11 is 0. The van der Waals surface area contributed by atoms with Gasteiger partial charge in [0.15, 0.2) is 5.60 Å². The number of carbonyl (C=O) groups is 4. The van der Waals surface area contributed by atoms with Crippen molar-refractivity contribution in [3.8, 4) is 11.5 Å². The summed E-state index contributed by atoms with van der Waals surface area (Å²) in [6, 6.07) is 14.4. The van der Waals surface area contributed by atoms with Gasteiger partial charge in [-0.1, -0.05) is 69.4 Å². The van der Waals surface area contributed by atoms with Crippen LogP contribution < -0.4 is 9.47 Å². The zero-order chi connectivity index (χ0) is 32.1. The van der Waals surface area contributed by atoms with Gasteiger partial charge >= 0.3 is 23.9 Å². The Bertz CT molecular complexity index is 1670. The van der Waals surface area contributed by atoms with Gasteiger partial charge in [-0.15, -0.1) is 0 Å². The molecule has 240 valence electrons. The molecule has 0 bridgehead atoms. The average Bonchev–Trinajstić information content (AvgIpc) is 3.60. The van der Waals surface area contributed by atoms with E-state index in [0.29, 0.717) is 41.2 Å². The van der Waals surface area contributed by atoms with Crippen LogP contribution in [-0.2, 0) is 34.3 Å². The second-order valence-corrected chi connectivity index (χ2v) is 13.3. The van der Waals surface area contributed by atoms with Crippen LogP contribution in [0.2, 0.25) is 0 Å². The summed E-state index contributed by atoms with van der Waals surface area (Å²) in [7, 11) is 0. The molecule has 0 amide bonds. The summed E-state index contributed by atoms with van der Waals surface area (Å²) in [5, 5.41) is 0. The summed E-state index contributed by atoms with van der Waals surface area (Å²) in [4.78, 5) is 53.2. The highest BCUT2D eigenvalue weighted by molar-refractivity contribution is 6.02. The maximum atomic E-state index is 14.6. The van der Waals surface area contributed by atoms with E-state index in [4.69, 9.17) is 18.9 Å². The molecule has 2 aromatic rings. The van der Waals surface area contributed by atoms with Crippen molar-refractivity contribution in [2.24, 2.45) is 16.7 Å². The fourth-order valence-corrected chi connectivity index (χ4v) is 9.12. The van der Waals surface area contributed by atoms with Crippen LogP contribution >= 0.6 is 0 Å². The third kappa shape index (κ3) is 4.32. The van der Waals surface area contributed by atoms with Crippen molar-refractivity contribution in [3.63, 3.8) is 0 Å². The first-order valence-corrected chi connectivity index (χ1v) is 16.8. The van der Waals surface area contributed by atoms with E-state index in [-0.39, 0.29) is 36.7 Å². The van der Waals surface area contributed by atoms with Gasteiger partial charge in [-0.2, -0.15) is 0 Å². The number of hydrogen-bond acceptors (Lipinski definition) is 8. The average molecular weight is 625 g/mol. The van der Waals surface area contributed by atoms with Gasteiger partial charge < -0.3 is 18.9 Å². The van der Waals surface area contributed by atoms with E-state index in [1.165, 1.54) is 0 Å². The minimum absolute atomic E-state index is 0.231. The lowest BCUT2D eigenvalue weighted by atomic mass is 9.31. The van der Waals surface area contributed by atoms with Crippen LogP contribution in [0.1, 0.15) is 102 Å². The van der Waals surface area contributed by atoms with Crippen molar-refractivity contribution in [2.45, 2.75) is 96.5 Å². The van der Waals surface area contributed by atoms with Gasteiger partial charge in [-0.05, 0) is 68.9 Å². The van der Waals surface area contributed by atoms with Gasteiger partial charge in [0.05, 0.1) is 5.92 Å². The van der Waals surface area contributed by atoms with Crippen molar-refractivity contribution >= 4 is 29.6 Å². The van der Waals surface area contributed by atoms with Crippen LogP contribution in [0.4, 0.5) is 0 Å². The van der Waals surface area contributed by atoms with E-state index >= 15 is 0 Å². The van der Waals surface area contributed by atoms with Crippen LogP contribution in [0.3, 0.4) is 0 Å². The van der Waals surface area contributed by atoms with Crippen molar-refractivity contribution in [1.29, 1.82) is 0 Å². The standard InChI is InChI=1S/C38H40O8/c1-3-30(39)43-27-17-11-15-25(21-27)29-23-37(35(42)45-29)33-32(24-13-7-5-8-14-24)34(41)46-38(33,36(37)19-9-6-10-20-36)26-16-12-18-28(22-26)44-31(40)4-2/h11-12,15-18,21-23,33H,3-10,13-14,19-20H2,1-2H3. The molecular formula is C38H40O8. The van der Waals surface area contributed by atoms with Crippen LogP contribution in [0.15, 0.2) is 65.8 Å². The van der Waals surface area contributed by atoms with E-state index in [2.05, 4.69) is 0 Å². The first-order valence-electron chi connectivity index (χ1n) is 16.8. The predicted octanol–water partition coefficient (Wildman–Crippen LogP) is 7.49. The zero-order valence-electron chi connectivity index (χ0n) is 26.5. The third-order valence-electron chi connectivity index (χ3n) is 11.0. The fraction of sp³-hybridized carbons (Fsp3) is 0.474. The van der Waals surface area contributed by atoms with Gasteiger partial charge in [-0.3, -0.25) is 14.4 Å². The van der Waals surface area contributed by atoms with Crippen LogP contribution in [-0.4, -0.2) is 23.9 Å². The number of ether oxygens (including phenoxy) is 4. The quantitative estimate of drug-likeness (QED) is 0.185. The highest BCUT2D eigenvalue weighted by atomic mass is 16.6. The molecule has 3 atom stereocenters. The van der Waals surface area contributed by atoms with Crippen molar-refractivity contribution in [2.75, 3.05) is 0 Å². The van der Waals surface area contributed by atoms with Crippen molar-refractivity contribution in [3.05, 3.63) is 76.9 Å². The van der Waals surface area contributed by atoms with Crippen molar-refractivity contribution in [1.82, 2.24) is 0 Å². The molecule has 8 heteroatoms. The Morgan fingerprint density at radius 1 is 0.826 bits per heavy atom. The molecular weight excluding hydrogens is 584 g/mol.